The van der Waals surface area contributed by atoms with Crippen LogP contribution < -0.4 is 5.43 Å². The number of carbonyl (C=O) groups excluding carboxylic acids is 1. The minimum absolute atomic E-state index is 0.178. The van der Waals surface area contributed by atoms with Crippen LogP contribution in [0.1, 0.15) is 16.8 Å². The van der Waals surface area contributed by atoms with Gasteiger partial charge in [-0.1, -0.05) is 0 Å². The van der Waals surface area contributed by atoms with Crippen LogP contribution in [-0.2, 0) is 4.74 Å². The van der Waals surface area contributed by atoms with Crippen LogP contribution in [-0.4, -0.2) is 47.2 Å². The second-order valence-corrected chi connectivity index (χ2v) is 3.52. The van der Waals surface area contributed by atoms with Crippen molar-refractivity contribution in [1.82, 2.24) is 20.4 Å². The van der Waals surface area contributed by atoms with Crippen LogP contribution in [0.15, 0.2) is 18.7 Å². The summed E-state index contributed by atoms with van der Waals surface area (Å²) in [6, 6.07) is 0. The number of rotatable bonds is 2. The Balaban J connectivity index is 1.91. The Morgan fingerprint density at radius 3 is 2.94 bits per heavy atom. The van der Waals surface area contributed by atoms with E-state index in [1.165, 1.54) is 18.7 Å². The molecule has 0 saturated carbocycles. The van der Waals surface area contributed by atoms with Crippen molar-refractivity contribution in [2.75, 3.05) is 26.3 Å². The largest absolute Gasteiger partial charge is 0.380 e. The van der Waals surface area contributed by atoms with Crippen LogP contribution in [0.5, 0.6) is 0 Å². The summed E-state index contributed by atoms with van der Waals surface area (Å²) in [5.41, 5.74) is 3.27. The van der Waals surface area contributed by atoms with E-state index in [0.29, 0.717) is 18.7 Å². The number of amides is 1. The topological polar surface area (TPSA) is 67.4 Å². The number of hydrogen-bond acceptors (Lipinski definition) is 5. The lowest BCUT2D eigenvalue weighted by Crippen LogP contribution is -2.43. The number of carbonyl (C=O) groups is 1. The Bertz CT molecular complexity index is 336. The number of nitrogens with zero attached hydrogens (tertiary/aromatic N) is 3. The normalized spacial score (nSPS) is 17.8. The van der Waals surface area contributed by atoms with Gasteiger partial charge in [-0.2, -0.15) is 0 Å². The third kappa shape index (κ3) is 2.98. The maximum Gasteiger partial charge on any atom is 0.268 e. The van der Waals surface area contributed by atoms with Gasteiger partial charge < -0.3 is 4.74 Å². The fourth-order valence-corrected chi connectivity index (χ4v) is 1.48. The molecule has 0 bridgehead atoms. The van der Waals surface area contributed by atoms with E-state index in [9.17, 15) is 4.79 Å². The number of hydrazine groups is 1. The molecule has 0 radical (unpaired) electrons. The molecule has 1 aromatic heterocycles. The molecule has 1 saturated heterocycles. The van der Waals surface area contributed by atoms with E-state index in [1.54, 1.807) is 0 Å². The summed E-state index contributed by atoms with van der Waals surface area (Å²) >= 11 is 0. The fraction of sp³-hybridized carbons (Fsp3) is 0.500. The molecule has 1 aromatic rings. The maximum atomic E-state index is 11.8. The molecular formula is C10H14N4O2. The van der Waals surface area contributed by atoms with E-state index in [2.05, 4.69) is 15.4 Å². The molecular weight excluding hydrogens is 208 g/mol. The Morgan fingerprint density at radius 2 is 2.12 bits per heavy atom. The highest BCUT2D eigenvalue weighted by atomic mass is 16.5. The summed E-state index contributed by atoms with van der Waals surface area (Å²) in [5.74, 6) is -0.178. The summed E-state index contributed by atoms with van der Waals surface area (Å²) in [5, 5.41) is 1.86. The van der Waals surface area contributed by atoms with Crippen LogP contribution in [0.4, 0.5) is 0 Å². The number of ether oxygens (including phenoxy) is 1. The van der Waals surface area contributed by atoms with Gasteiger partial charge in [0.15, 0.2) is 0 Å². The first-order valence-electron chi connectivity index (χ1n) is 5.25. The standard InChI is InChI=1S/C10H14N4O2/c15-10(9-6-11-8-12-7-9)13-14-2-1-4-16-5-3-14/h6-8H,1-5H2,(H,13,15). The van der Waals surface area contributed by atoms with Gasteiger partial charge >= 0.3 is 0 Å². The van der Waals surface area contributed by atoms with Crippen molar-refractivity contribution in [3.63, 3.8) is 0 Å². The molecule has 6 heteroatoms. The summed E-state index contributed by atoms with van der Waals surface area (Å²) in [4.78, 5) is 19.4. The second-order valence-electron chi connectivity index (χ2n) is 3.52. The van der Waals surface area contributed by atoms with Gasteiger partial charge in [0.2, 0.25) is 0 Å². The number of hydrogen-bond donors (Lipinski definition) is 1. The van der Waals surface area contributed by atoms with Crippen molar-refractivity contribution in [3.05, 3.63) is 24.3 Å². The molecule has 6 nitrogen and oxygen atoms in total. The van der Waals surface area contributed by atoms with E-state index < -0.39 is 0 Å². The zero-order valence-corrected chi connectivity index (χ0v) is 8.93. The first kappa shape index (κ1) is 11.0. The molecule has 86 valence electrons. The SMILES string of the molecule is O=C(NN1CCCOCC1)c1cncnc1. The smallest absolute Gasteiger partial charge is 0.268 e. The van der Waals surface area contributed by atoms with Gasteiger partial charge in [0.25, 0.3) is 5.91 Å². The van der Waals surface area contributed by atoms with Crippen molar-refractivity contribution in [1.29, 1.82) is 0 Å². The molecule has 2 rings (SSSR count). The average molecular weight is 222 g/mol. The quantitative estimate of drug-likeness (QED) is 0.753. The summed E-state index contributed by atoms with van der Waals surface area (Å²) in [6.07, 6.45) is 5.31. The molecule has 16 heavy (non-hydrogen) atoms. The van der Waals surface area contributed by atoms with Crippen molar-refractivity contribution in [2.45, 2.75) is 6.42 Å². The van der Waals surface area contributed by atoms with Crippen LogP contribution in [0.3, 0.4) is 0 Å². The second kappa shape index (κ2) is 5.53. The summed E-state index contributed by atoms with van der Waals surface area (Å²) < 4.78 is 5.29. The first-order valence-corrected chi connectivity index (χ1v) is 5.25. The van der Waals surface area contributed by atoms with Crippen molar-refractivity contribution in [2.24, 2.45) is 0 Å². The van der Waals surface area contributed by atoms with Gasteiger partial charge in [0, 0.05) is 32.1 Å². The Morgan fingerprint density at radius 1 is 1.31 bits per heavy atom. The molecule has 1 N–H and O–H groups in total. The van der Waals surface area contributed by atoms with Crippen molar-refractivity contribution < 1.29 is 9.53 Å². The van der Waals surface area contributed by atoms with E-state index in [0.717, 1.165) is 19.6 Å². The van der Waals surface area contributed by atoms with Crippen molar-refractivity contribution >= 4 is 5.91 Å². The molecule has 1 fully saturated rings. The van der Waals surface area contributed by atoms with Crippen LogP contribution in [0.2, 0.25) is 0 Å². The molecule has 0 spiro atoms. The lowest BCUT2D eigenvalue weighted by Gasteiger charge is -2.19. The number of nitrogens with one attached hydrogen (secondary N) is 1. The minimum Gasteiger partial charge on any atom is -0.380 e. The van der Waals surface area contributed by atoms with Gasteiger partial charge in [0.05, 0.1) is 12.2 Å². The maximum absolute atomic E-state index is 11.8. The highest BCUT2D eigenvalue weighted by Crippen LogP contribution is 1.98. The van der Waals surface area contributed by atoms with Gasteiger partial charge in [-0.3, -0.25) is 10.2 Å². The van der Waals surface area contributed by atoms with E-state index in [4.69, 9.17) is 4.74 Å². The van der Waals surface area contributed by atoms with Crippen LogP contribution >= 0.6 is 0 Å². The molecule has 0 unspecified atom stereocenters. The Kier molecular flexibility index (Phi) is 3.79. The van der Waals surface area contributed by atoms with Gasteiger partial charge in [0.1, 0.15) is 6.33 Å². The fourth-order valence-electron chi connectivity index (χ4n) is 1.48. The first-order chi connectivity index (χ1) is 7.86. The third-order valence-corrected chi connectivity index (χ3v) is 2.30. The third-order valence-electron chi connectivity index (χ3n) is 2.30. The molecule has 0 aliphatic carbocycles. The number of aromatic nitrogens is 2. The zero-order valence-electron chi connectivity index (χ0n) is 8.93. The van der Waals surface area contributed by atoms with Gasteiger partial charge in [-0.05, 0) is 6.42 Å². The van der Waals surface area contributed by atoms with Gasteiger partial charge in [-0.15, -0.1) is 0 Å². The van der Waals surface area contributed by atoms with E-state index in [-0.39, 0.29) is 5.91 Å². The van der Waals surface area contributed by atoms with E-state index >= 15 is 0 Å². The summed E-state index contributed by atoms with van der Waals surface area (Å²) in [7, 11) is 0. The predicted molar refractivity (Wildman–Crippen MR) is 56.5 cm³/mol. The molecule has 1 aliphatic rings. The molecule has 0 aromatic carbocycles. The lowest BCUT2D eigenvalue weighted by molar-refractivity contribution is 0.0771. The monoisotopic (exact) mass is 222 g/mol. The van der Waals surface area contributed by atoms with Gasteiger partial charge in [-0.25, -0.2) is 15.0 Å². The average Bonchev–Trinajstić information content (AvgIpc) is 2.59. The highest BCUT2D eigenvalue weighted by molar-refractivity contribution is 5.93. The Labute approximate surface area is 93.6 Å². The molecule has 2 heterocycles. The van der Waals surface area contributed by atoms with Crippen LogP contribution in [0.25, 0.3) is 0 Å². The molecule has 1 aliphatic heterocycles. The van der Waals surface area contributed by atoms with Crippen molar-refractivity contribution in [3.8, 4) is 0 Å². The lowest BCUT2D eigenvalue weighted by atomic mass is 10.3. The Hall–Kier alpha value is -1.53. The predicted octanol–water partition coefficient (Wildman–Crippen LogP) is -0.156. The summed E-state index contributed by atoms with van der Waals surface area (Å²) in [6.45, 7) is 2.91. The highest BCUT2D eigenvalue weighted by Gasteiger charge is 2.13. The van der Waals surface area contributed by atoms with E-state index in [1.807, 2.05) is 5.01 Å². The zero-order chi connectivity index (χ0) is 11.2. The minimum atomic E-state index is -0.178. The molecule has 0 atom stereocenters. The molecule has 1 amide bonds. The van der Waals surface area contributed by atoms with Crippen LogP contribution in [0, 0.1) is 0 Å².